The van der Waals surface area contributed by atoms with Gasteiger partial charge in [-0.15, -0.1) is 11.3 Å². The normalized spacial score (nSPS) is 11.0. The molecule has 4 aromatic rings. The Morgan fingerprint density at radius 2 is 2.17 bits per heavy atom. The van der Waals surface area contributed by atoms with Crippen molar-refractivity contribution in [2.24, 2.45) is 0 Å². The van der Waals surface area contributed by atoms with Gasteiger partial charge in [0.1, 0.15) is 6.26 Å². The van der Waals surface area contributed by atoms with Crippen LogP contribution in [-0.4, -0.2) is 15.9 Å². The molecule has 1 aromatic carbocycles. The Balaban J connectivity index is 1.38. The van der Waals surface area contributed by atoms with Gasteiger partial charge in [-0.1, -0.05) is 24.3 Å². The van der Waals surface area contributed by atoms with Gasteiger partial charge in [-0.25, -0.2) is 4.98 Å². The van der Waals surface area contributed by atoms with Crippen LogP contribution >= 0.6 is 11.3 Å². The molecule has 0 saturated carbocycles. The number of hydrogen-bond acceptors (Lipinski definition) is 4. The van der Waals surface area contributed by atoms with Gasteiger partial charge in [0.15, 0.2) is 0 Å². The molecule has 0 aliphatic rings. The van der Waals surface area contributed by atoms with E-state index in [0.29, 0.717) is 24.6 Å². The topological polar surface area (TPSA) is 70.9 Å². The van der Waals surface area contributed by atoms with E-state index in [1.807, 2.05) is 48.0 Å². The van der Waals surface area contributed by atoms with Crippen LogP contribution in [0.3, 0.4) is 0 Å². The molecule has 0 radical (unpaired) electrons. The summed E-state index contributed by atoms with van der Waals surface area (Å²) in [5.41, 5.74) is 2.74. The lowest BCUT2D eigenvalue weighted by atomic mass is 10.1. The fourth-order valence-electron chi connectivity index (χ4n) is 2.60. The molecule has 0 unspecified atom stereocenters. The van der Waals surface area contributed by atoms with Crippen molar-refractivity contribution >= 4 is 28.1 Å². The molecule has 0 aliphatic carbocycles. The highest BCUT2D eigenvalue weighted by molar-refractivity contribution is 7.13. The van der Waals surface area contributed by atoms with E-state index in [2.05, 4.69) is 15.3 Å². The lowest BCUT2D eigenvalue weighted by molar-refractivity contribution is -0.120. The number of thiophene rings is 1. The van der Waals surface area contributed by atoms with Crippen molar-refractivity contribution in [1.29, 1.82) is 0 Å². The zero-order valence-electron chi connectivity index (χ0n) is 12.8. The molecular weight excluding hydrogens is 322 g/mol. The summed E-state index contributed by atoms with van der Waals surface area (Å²) in [6.07, 6.45) is 3.80. The number of H-pyrrole nitrogens is 1. The van der Waals surface area contributed by atoms with Gasteiger partial charge in [0.25, 0.3) is 0 Å². The van der Waals surface area contributed by atoms with Crippen LogP contribution in [0.4, 0.5) is 0 Å². The molecule has 3 aromatic heterocycles. The van der Waals surface area contributed by atoms with Crippen molar-refractivity contribution < 1.29 is 9.21 Å². The number of fused-ring (bicyclic) bond motifs is 1. The minimum atomic E-state index is -0.0413. The largest absolute Gasteiger partial charge is 0.443 e. The Hall–Kier alpha value is -2.86. The Morgan fingerprint density at radius 1 is 1.25 bits per heavy atom. The molecule has 5 nitrogen and oxygen atoms in total. The summed E-state index contributed by atoms with van der Waals surface area (Å²) in [5, 5.41) is 5.94. The number of nitrogens with zero attached hydrogens (tertiary/aromatic N) is 1. The number of para-hydroxylation sites is 1. The van der Waals surface area contributed by atoms with Crippen LogP contribution in [-0.2, 0) is 17.8 Å². The molecule has 2 N–H and O–H groups in total. The Bertz CT molecular complexity index is 969. The van der Waals surface area contributed by atoms with Crippen LogP contribution in [0.5, 0.6) is 0 Å². The molecule has 120 valence electrons. The maximum absolute atomic E-state index is 12.2. The van der Waals surface area contributed by atoms with E-state index < -0.39 is 0 Å². The van der Waals surface area contributed by atoms with Crippen LogP contribution in [0.15, 0.2) is 58.7 Å². The molecule has 0 bridgehead atoms. The third kappa shape index (κ3) is 2.96. The molecule has 0 spiro atoms. The number of hydrogen-bond donors (Lipinski definition) is 2. The summed E-state index contributed by atoms with van der Waals surface area (Å²) in [6.45, 7) is 0.357. The summed E-state index contributed by atoms with van der Waals surface area (Å²) < 4.78 is 5.45. The molecule has 4 rings (SSSR count). The maximum atomic E-state index is 12.2. The Morgan fingerprint density at radius 3 is 3.04 bits per heavy atom. The summed E-state index contributed by atoms with van der Waals surface area (Å²) in [6, 6.07) is 11.9. The number of benzene rings is 1. The zero-order chi connectivity index (χ0) is 16.4. The van der Waals surface area contributed by atoms with E-state index in [-0.39, 0.29) is 5.91 Å². The minimum Gasteiger partial charge on any atom is -0.443 e. The number of carbonyl (C=O) groups is 1. The van der Waals surface area contributed by atoms with Gasteiger partial charge < -0.3 is 14.7 Å². The fraction of sp³-hybridized carbons (Fsp3) is 0.111. The zero-order valence-corrected chi connectivity index (χ0v) is 13.6. The second-order valence-corrected chi connectivity index (χ2v) is 6.38. The second-order valence-electron chi connectivity index (χ2n) is 5.43. The van der Waals surface area contributed by atoms with Crippen molar-refractivity contribution in [2.75, 3.05) is 0 Å². The number of amides is 1. The van der Waals surface area contributed by atoms with Gasteiger partial charge in [0, 0.05) is 17.1 Å². The van der Waals surface area contributed by atoms with E-state index in [4.69, 9.17) is 4.42 Å². The van der Waals surface area contributed by atoms with Crippen LogP contribution in [0.25, 0.3) is 21.7 Å². The molecule has 1 amide bonds. The summed E-state index contributed by atoms with van der Waals surface area (Å²) >= 11 is 1.57. The average molecular weight is 337 g/mol. The number of oxazole rings is 1. The van der Waals surface area contributed by atoms with Gasteiger partial charge in [0.05, 0.1) is 23.5 Å². The molecule has 6 heteroatoms. The van der Waals surface area contributed by atoms with Gasteiger partial charge in [0.2, 0.25) is 11.8 Å². The Labute approximate surface area is 142 Å². The first kappa shape index (κ1) is 14.7. The third-order valence-electron chi connectivity index (χ3n) is 3.78. The van der Waals surface area contributed by atoms with E-state index in [0.717, 1.165) is 21.3 Å². The Kier molecular flexibility index (Phi) is 3.88. The van der Waals surface area contributed by atoms with E-state index >= 15 is 0 Å². The number of carbonyl (C=O) groups excluding carboxylic acids is 1. The predicted octanol–water partition coefficient (Wildman–Crippen LogP) is 3.74. The quantitative estimate of drug-likeness (QED) is 0.583. The van der Waals surface area contributed by atoms with Crippen LogP contribution in [0.2, 0.25) is 0 Å². The molecular formula is C18H15N3O2S. The third-order valence-corrected chi connectivity index (χ3v) is 4.63. The lowest BCUT2D eigenvalue weighted by Gasteiger charge is -2.02. The van der Waals surface area contributed by atoms with E-state index in [9.17, 15) is 4.79 Å². The van der Waals surface area contributed by atoms with Gasteiger partial charge in [-0.2, -0.15) is 0 Å². The van der Waals surface area contributed by atoms with E-state index in [1.54, 1.807) is 17.6 Å². The summed E-state index contributed by atoms with van der Waals surface area (Å²) in [5.74, 6) is 0.548. The van der Waals surface area contributed by atoms with Crippen molar-refractivity contribution in [3.63, 3.8) is 0 Å². The van der Waals surface area contributed by atoms with E-state index in [1.165, 1.54) is 0 Å². The first-order valence-electron chi connectivity index (χ1n) is 7.59. The lowest BCUT2D eigenvalue weighted by Crippen LogP contribution is -2.24. The van der Waals surface area contributed by atoms with Gasteiger partial charge in [-0.05, 0) is 23.1 Å². The smallest absolute Gasteiger partial charge is 0.236 e. The second kappa shape index (κ2) is 6.33. The summed E-state index contributed by atoms with van der Waals surface area (Å²) in [7, 11) is 0. The van der Waals surface area contributed by atoms with Gasteiger partial charge in [-0.3, -0.25) is 4.79 Å². The minimum absolute atomic E-state index is 0.0413. The number of rotatable bonds is 5. The van der Waals surface area contributed by atoms with Crippen molar-refractivity contribution in [3.05, 3.63) is 65.5 Å². The number of aromatic amines is 1. The first-order valence-corrected chi connectivity index (χ1v) is 8.47. The number of nitrogens with one attached hydrogen (secondary N) is 2. The standard InChI is InChI=1S/C18H15N3O2S/c22-17(8-12-9-19-15-5-2-1-4-14(12)15)20-10-13-11-23-18(21-13)16-6-3-7-24-16/h1-7,9,11,19H,8,10H2,(H,20,22). The SMILES string of the molecule is O=C(Cc1c[nH]c2ccccc12)NCc1coc(-c2cccs2)n1. The molecule has 0 saturated heterocycles. The first-order chi connectivity index (χ1) is 11.8. The van der Waals surface area contributed by atoms with Gasteiger partial charge >= 0.3 is 0 Å². The highest BCUT2D eigenvalue weighted by Crippen LogP contribution is 2.23. The summed E-state index contributed by atoms with van der Waals surface area (Å²) in [4.78, 5) is 20.7. The fourth-order valence-corrected chi connectivity index (χ4v) is 3.26. The van der Waals surface area contributed by atoms with Crippen LogP contribution in [0, 0.1) is 0 Å². The van der Waals surface area contributed by atoms with Crippen molar-refractivity contribution in [3.8, 4) is 10.8 Å². The molecule has 24 heavy (non-hydrogen) atoms. The van der Waals surface area contributed by atoms with Crippen LogP contribution < -0.4 is 5.32 Å². The molecule has 0 fully saturated rings. The van der Waals surface area contributed by atoms with Crippen LogP contribution in [0.1, 0.15) is 11.3 Å². The number of aromatic nitrogens is 2. The predicted molar refractivity (Wildman–Crippen MR) is 93.7 cm³/mol. The average Bonchev–Trinajstić information content (AvgIpc) is 3.34. The molecule has 0 atom stereocenters. The maximum Gasteiger partial charge on any atom is 0.236 e. The molecule has 3 heterocycles. The highest BCUT2D eigenvalue weighted by atomic mass is 32.1. The highest BCUT2D eigenvalue weighted by Gasteiger charge is 2.11. The van der Waals surface area contributed by atoms with Crippen molar-refractivity contribution in [2.45, 2.75) is 13.0 Å². The molecule has 0 aliphatic heterocycles. The monoisotopic (exact) mass is 337 g/mol. The van der Waals surface area contributed by atoms with Crippen molar-refractivity contribution in [1.82, 2.24) is 15.3 Å².